The Kier molecular flexibility index (Phi) is 8.79. The summed E-state index contributed by atoms with van der Waals surface area (Å²) in [6.07, 6.45) is 1.92. The summed E-state index contributed by atoms with van der Waals surface area (Å²) in [5, 5.41) is 8.56. The van der Waals surface area contributed by atoms with Gasteiger partial charge in [0.25, 0.3) is 5.91 Å². The lowest BCUT2D eigenvalue weighted by atomic mass is 10.1. The fraction of sp³-hybridized carbons (Fsp3) is 0.345. The summed E-state index contributed by atoms with van der Waals surface area (Å²) in [5.74, 6) is 0.582. The van der Waals surface area contributed by atoms with Crippen molar-refractivity contribution in [2.45, 2.75) is 39.7 Å². The summed E-state index contributed by atoms with van der Waals surface area (Å²) in [5.41, 5.74) is 4.23. The maximum absolute atomic E-state index is 13.5. The van der Waals surface area contributed by atoms with Crippen LogP contribution >= 0.6 is 11.6 Å². The summed E-state index contributed by atoms with van der Waals surface area (Å²) in [7, 11) is 1.63. The minimum Gasteiger partial charge on any atom is -0.497 e. The van der Waals surface area contributed by atoms with Crippen molar-refractivity contribution in [2.75, 3.05) is 26.7 Å². The lowest BCUT2D eigenvalue weighted by molar-refractivity contribution is 0.0929. The molecular weight excluding hydrogens is 486 g/mol. The highest BCUT2D eigenvalue weighted by atomic mass is 35.5. The number of aromatic nitrogens is 3. The van der Waals surface area contributed by atoms with E-state index in [1.165, 1.54) is 0 Å². The molecule has 7 nitrogen and oxygen atoms in total. The summed E-state index contributed by atoms with van der Waals surface area (Å²) < 4.78 is 6.91. The zero-order chi connectivity index (χ0) is 26.4. The zero-order valence-electron chi connectivity index (χ0n) is 21.9. The lowest BCUT2D eigenvalue weighted by Gasteiger charge is -2.20. The van der Waals surface area contributed by atoms with E-state index in [2.05, 4.69) is 24.1 Å². The van der Waals surface area contributed by atoms with Gasteiger partial charge in [0.05, 0.1) is 18.5 Å². The average molecular weight is 520 g/mol. The molecule has 0 aliphatic heterocycles. The molecule has 37 heavy (non-hydrogen) atoms. The highest BCUT2D eigenvalue weighted by Crippen LogP contribution is 2.26. The first-order chi connectivity index (χ1) is 17.9. The van der Waals surface area contributed by atoms with Crippen molar-refractivity contribution in [1.82, 2.24) is 24.8 Å². The first-order valence-electron chi connectivity index (χ1n) is 12.8. The van der Waals surface area contributed by atoms with Crippen LogP contribution in [0.5, 0.6) is 5.75 Å². The molecule has 1 atom stereocenters. The number of fused-ring (bicyclic) bond motifs is 1. The van der Waals surface area contributed by atoms with E-state index in [0.717, 1.165) is 55.0 Å². The molecule has 0 spiro atoms. The molecule has 4 aromatic rings. The fourth-order valence-electron chi connectivity index (χ4n) is 4.34. The summed E-state index contributed by atoms with van der Waals surface area (Å²) in [4.78, 5) is 20.7. The van der Waals surface area contributed by atoms with Gasteiger partial charge >= 0.3 is 0 Å². The maximum Gasteiger partial charge on any atom is 0.270 e. The predicted octanol–water partition coefficient (Wildman–Crippen LogP) is 5.97. The van der Waals surface area contributed by atoms with Crippen LogP contribution in [0.15, 0.2) is 60.7 Å². The number of ether oxygens (including phenoxy) is 1. The van der Waals surface area contributed by atoms with Crippen molar-refractivity contribution < 1.29 is 9.53 Å². The second-order valence-corrected chi connectivity index (χ2v) is 9.54. The lowest BCUT2D eigenvalue weighted by Crippen LogP contribution is -2.35. The molecule has 2 aromatic carbocycles. The number of methoxy groups -OCH3 is 1. The van der Waals surface area contributed by atoms with Crippen LogP contribution in [0, 0.1) is 0 Å². The molecule has 0 aliphatic carbocycles. The van der Waals surface area contributed by atoms with Crippen LogP contribution in [-0.2, 0) is 0 Å². The minimum atomic E-state index is -0.178. The topological polar surface area (TPSA) is 71.8 Å². The van der Waals surface area contributed by atoms with Crippen molar-refractivity contribution in [1.29, 1.82) is 0 Å². The highest BCUT2D eigenvalue weighted by Gasteiger charge is 2.19. The molecule has 8 heteroatoms. The molecule has 0 fully saturated rings. The van der Waals surface area contributed by atoms with Gasteiger partial charge in [-0.3, -0.25) is 4.79 Å². The molecule has 0 unspecified atom stereocenters. The number of rotatable bonds is 11. The minimum absolute atomic E-state index is 0.0296. The summed E-state index contributed by atoms with van der Waals surface area (Å²) in [6, 6.07) is 18.8. The Bertz CT molecular complexity index is 1330. The fourth-order valence-corrected chi connectivity index (χ4v) is 4.46. The van der Waals surface area contributed by atoms with Gasteiger partial charge in [-0.25, -0.2) is 9.50 Å². The number of carbonyl (C=O) groups excluding carboxylic acids is 1. The number of hydrogen-bond donors (Lipinski definition) is 1. The second kappa shape index (κ2) is 12.2. The number of halogens is 1. The van der Waals surface area contributed by atoms with E-state index in [1.807, 2.05) is 61.5 Å². The molecule has 0 saturated heterocycles. The zero-order valence-corrected chi connectivity index (χ0v) is 22.6. The largest absolute Gasteiger partial charge is 0.497 e. The van der Waals surface area contributed by atoms with Gasteiger partial charge in [-0.05, 0) is 81.9 Å². The number of nitrogens with one attached hydrogen (secondary N) is 1. The standard InChI is InChI=1S/C29H34ClN5O2/c1-5-34(6-2)17-7-8-20(3)31-29(36)27-18-25(21-11-15-24(37-4)16-12-21)32-28-19-26(33-35(27)28)22-9-13-23(30)14-10-22/h9-16,18-20H,5-8,17H2,1-4H3,(H,31,36)/t20-/m1/s1. The SMILES string of the molecule is CCN(CC)CCC[C@@H](C)NC(=O)c1cc(-c2ccc(OC)cc2)nc2cc(-c3ccc(Cl)cc3)nn12. The van der Waals surface area contributed by atoms with Crippen molar-refractivity contribution in [3.63, 3.8) is 0 Å². The van der Waals surface area contributed by atoms with Gasteiger partial charge < -0.3 is 15.0 Å². The summed E-state index contributed by atoms with van der Waals surface area (Å²) in [6.45, 7) is 9.49. The Hall–Kier alpha value is -3.42. The third kappa shape index (κ3) is 6.48. The van der Waals surface area contributed by atoms with Gasteiger partial charge in [0.2, 0.25) is 0 Å². The van der Waals surface area contributed by atoms with Crippen LogP contribution in [0.2, 0.25) is 5.02 Å². The predicted molar refractivity (Wildman–Crippen MR) is 149 cm³/mol. The van der Waals surface area contributed by atoms with Gasteiger partial charge in [0.15, 0.2) is 5.65 Å². The van der Waals surface area contributed by atoms with Gasteiger partial charge in [0, 0.05) is 28.3 Å². The maximum atomic E-state index is 13.5. The molecule has 0 saturated carbocycles. The monoisotopic (exact) mass is 519 g/mol. The van der Waals surface area contributed by atoms with Crippen molar-refractivity contribution >= 4 is 23.2 Å². The Morgan fingerprint density at radius 2 is 1.68 bits per heavy atom. The van der Waals surface area contributed by atoms with Crippen molar-refractivity contribution in [3.05, 3.63) is 71.4 Å². The van der Waals surface area contributed by atoms with Crippen LogP contribution in [0.4, 0.5) is 0 Å². The van der Waals surface area contributed by atoms with E-state index in [0.29, 0.717) is 22.1 Å². The van der Waals surface area contributed by atoms with E-state index in [4.69, 9.17) is 26.4 Å². The van der Waals surface area contributed by atoms with Crippen molar-refractivity contribution in [2.24, 2.45) is 0 Å². The molecule has 2 aromatic heterocycles. The molecular formula is C29H34ClN5O2. The first kappa shape index (κ1) is 26.6. The highest BCUT2D eigenvalue weighted by molar-refractivity contribution is 6.30. The first-order valence-corrected chi connectivity index (χ1v) is 13.1. The van der Waals surface area contributed by atoms with Crippen LogP contribution in [0.1, 0.15) is 44.1 Å². The normalized spacial score (nSPS) is 12.2. The van der Waals surface area contributed by atoms with Gasteiger partial charge in [-0.1, -0.05) is 37.6 Å². The molecule has 1 amide bonds. The van der Waals surface area contributed by atoms with Crippen LogP contribution in [-0.4, -0.2) is 58.2 Å². The molecule has 0 radical (unpaired) electrons. The number of hydrogen-bond acceptors (Lipinski definition) is 5. The number of carbonyl (C=O) groups is 1. The summed E-state index contributed by atoms with van der Waals surface area (Å²) >= 11 is 6.07. The number of benzene rings is 2. The van der Waals surface area contributed by atoms with E-state index >= 15 is 0 Å². The number of amides is 1. The molecule has 0 bridgehead atoms. The van der Waals surface area contributed by atoms with Crippen LogP contribution in [0.3, 0.4) is 0 Å². The van der Waals surface area contributed by atoms with E-state index < -0.39 is 0 Å². The quantitative estimate of drug-likeness (QED) is 0.264. The molecule has 2 heterocycles. The van der Waals surface area contributed by atoms with E-state index in [1.54, 1.807) is 17.7 Å². The van der Waals surface area contributed by atoms with Gasteiger partial charge in [-0.2, -0.15) is 5.10 Å². The Labute approximate surface area is 223 Å². The Morgan fingerprint density at radius 3 is 2.32 bits per heavy atom. The molecule has 4 rings (SSSR count). The van der Waals surface area contributed by atoms with Crippen LogP contribution < -0.4 is 10.1 Å². The van der Waals surface area contributed by atoms with Gasteiger partial charge in [-0.15, -0.1) is 0 Å². The van der Waals surface area contributed by atoms with Gasteiger partial charge in [0.1, 0.15) is 11.4 Å². The molecule has 0 aliphatic rings. The van der Waals surface area contributed by atoms with E-state index in [-0.39, 0.29) is 11.9 Å². The Balaban J connectivity index is 1.65. The third-order valence-corrected chi connectivity index (χ3v) is 6.82. The van der Waals surface area contributed by atoms with Crippen molar-refractivity contribution in [3.8, 4) is 28.3 Å². The van der Waals surface area contributed by atoms with Crippen LogP contribution in [0.25, 0.3) is 28.2 Å². The second-order valence-electron chi connectivity index (χ2n) is 9.11. The third-order valence-electron chi connectivity index (χ3n) is 6.57. The number of nitrogens with zero attached hydrogens (tertiary/aromatic N) is 4. The molecule has 1 N–H and O–H groups in total. The Morgan fingerprint density at radius 1 is 1.03 bits per heavy atom. The average Bonchev–Trinajstić information content (AvgIpc) is 3.35. The van der Waals surface area contributed by atoms with E-state index in [9.17, 15) is 4.79 Å². The molecule has 194 valence electrons. The smallest absolute Gasteiger partial charge is 0.270 e.